The first-order chi connectivity index (χ1) is 13.8. The Morgan fingerprint density at radius 3 is 2.79 bits per heavy atom. The summed E-state index contributed by atoms with van der Waals surface area (Å²) in [5, 5.41) is 6.88. The van der Waals surface area contributed by atoms with Gasteiger partial charge in [0.25, 0.3) is 0 Å². The summed E-state index contributed by atoms with van der Waals surface area (Å²) in [5.74, 6) is 1.41. The molecule has 3 rings (SSSR count). The molecule has 0 spiro atoms. The highest BCUT2D eigenvalue weighted by atomic mass is 16.5. The maximum absolute atomic E-state index is 5.49. The molecule has 1 unspecified atom stereocenters. The smallest absolute Gasteiger partial charge is 0.213 e. The zero-order valence-electron chi connectivity index (χ0n) is 16.6. The lowest BCUT2D eigenvalue weighted by Gasteiger charge is -2.20. The van der Waals surface area contributed by atoms with E-state index in [2.05, 4.69) is 49.8 Å². The third-order valence-corrected chi connectivity index (χ3v) is 4.67. The molecule has 7 nitrogen and oxygen atoms in total. The molecule has 0 amide bonds. The quantitative estimate of drug-likeness (QED) is 0.413. The largest absolute Gasteiger partial charge is 0.475 e. The molecule has 1 aromatic heterocycles. The van der Waals surface area contributed by atoms with Crippen molar-refractivity contribution < 1.29 is 9.47 Å². The van der Waals surface area contributed by atoms with E-state index in [-0.39, 0.29) is 0 Å². The molecule has 0 saturated carbocycles. The second-order valence-electron chi connectivity index (χ2n) is 6.68. The summed E-state index contributed by atoms with van der Waals surface area (Å²) in [4.78, 5) is 11.1. The maximum Gasteiger partial charge on any atom is 0.213 e. The van der Waals surface area contributed by atoms with Crippen LogP contribution in [0.1, 0.15) is 12.0 Å². The lowest BCUT2D eigenvalue weighted by molar-refractivity contribution is 0.143. The number of rotatable bonds is 8. The summed E-state index contributed by atoms with van der Waals surface area (Å²) in [6, 6.07) is 14.8. The molecule has 7 heteroatoms. The average molecular weight is 383 g/mol. The molecule has 2 heterocycles. The number of nitrogens with zero attached hydrogens (tertiary/aromatic N) is 3. The monoisotopic (exact) mass is 383 g/mol. The van der Waals surface area contributed by atoms with Crippen LogP contribution in [0, 0.1) is 0 Å². The number of hydrogen-bond acceptors (Lipinski definition) is 5. The van der Waals surface area contributed by atoms with Crippen molar-refractivity contribution in [3.8, 4) is 5.88 Å². The zero-order valence-corrected chi connectivity index (χ0v) is 16.6. The van der Waals surface area contributed by atoms with Crippen molar-refractivity contribution in [2.75, 3.05) is 45.4 Å². The second-order valence-corrected chi connectivity index (χ2v) is 6.68. The highest BCUT2D eigenvalue weighted by Crippen LogP contribution is 2.19. The first-order valence-electron chi connectivity index (χ1n) is 9.62. The van der Waals surface area contributed by atoms with Gasteiger partial charge in [-0.15, -0.1) is 0 Å². The Balaban J connectivity index is 1.44. The SMILES string of the molecule is CN=C(NCc1ccc(OCCOC)nc1)NC1CCN(c2ccccc2)C1. The number of methoxy groups -OCH3 is 1. The molecular weight excluding hydrogens is 354 g/mol. The molecule has 1 aliphatic heterocycles. The standard InChI is InChI=1S/C21H29N5O2/c1-22-21(24-15-17-8-9-20(23-14-17)28-13-12-27-2)25-18-10-11-26(16-18)19-6-4-3-5-7-19/h3-9,14,18H,10-13,15-16H2,1-2H3,(H2,22,24,25). The molecule has 1 saturated heterocycles. The molecule has 1 aliphatic rings. The van der Waals surface area contributed by atoms with Crippen LogP contribution < -0.4 is 20.3 Å². The van der Waals surface area contributed by atoms with E-state index < -0.39 is 0 Å². The molecule has 1 aromatic carbocycles. The van der Waals surface area contributed by atoms with E-state index in [1.54, 1.807) is 14.2 Å². The summed E-state index contributed by atoms with van der Waals surface area (Å²) >= 11 is 0. The van der Waals surface area contributed by atoms with Crippen molar-refractivity contribution in [3.05, 3.63) is 54.2 Å². The van der Waals surface area contributed by atoms with Gasteiger partial charge in [-0.3, -0.25) is 4.99 Å². The summed E-state index contributed by atoms with van der Waals surface area (Å²) in [6.07, 6.45) is 2.90. The van der Waals surface area contributed by atoms with Crippen molar-refractivity contribution in [1.29, 1.82) is 0 Å². The van der Waals surface area contributed by atoms with E-state index in [9.17, 15) is 0 Å². The first-order valence-corrected chi connectivity index (χ1v) is 9.62. The van der Waals surface area contributed by atoms with E-state index >= 15 is 0 Å². The van der Waals surface area contributed by atoms with Gasteiger partial charge in [0.1, 0.15) is 6.61 Å². The van der Waals surface area contributed by atoms with E-state index in [0.717, 1.165) is 31.0 Å². The van der Waals surface area contributed by atoms with Gasteiger partial charge in [0, 0.05) is 57.8 Å². The number of anilines is 1. The number of ether oxygens (including phenoxy) is 2. The van der Waals surface area contributed by atoms with Gasteiger partial charge >= 0.3 is 0 Å². The van der Waals surface area contributed by atoms with E-state index in [0.29, 0.717) is 31.7 Å². The van der Waals surface area contributed by atoms with E-state index in [1.165, 1.54) is 5.69 Å². The number of aliphatic imine (C=N–C) groups is 1. The molecule has 0 aliphatic carbocycles. The Hall–Kier alpha value is -2.80. The van der Waals surface area contributed by atoms with Crippen molar-refractivity contribution in [1.82, 2.24) is 15.6 Å². The van der Waals surface area contributed by atoms with Gasteiger partial charge in [-0.05, 0) is 24.1 Å². The number of guanidine groups is 1. The molecule has 150 valence electrons. The molecule has 2 N–H and O–H groups in total. The molecular formula is C21H29N5O2. The van der Waals surface area contributed by atoms with Gasteiger partial charge < -0.3 is 25.0 Å². The summed E-state index contributed by atoms with van der Waals surface area (Å²) in [7, 11) is 3.45. The Bertz CT molecular complexity index is 736. The van der Waals surface area contributed by atoms with Gasteiger partial charge in [-0.2, -0.15) is 0 Å². The fraction of sp³-hybridized carbons (Fsp3) is 0.429. The van der Waals surface area contributed by atoms with Gasteiger partial charge in [0.2, 0.25) is 5.88 Å². The van der Waals surface area contributed by atoms with E-state index in [1.807, 2.05) is 24.4 Å². The molecule has 1 atom stereocenters. The first kappa shape index (κ1) is 19.9. The predicted molar refractivity (Wildman–Crippen MR) is 112 cm³/mol. The number of para-hydroxylation sites is 1. The van der Waals surface area contributed by atoms with E-state index in [4.69, 9.17) is 9.47 Å². The van der Waals surface area contributed by atoms with Crippen LogP contribution in [0.2, 0.25) is 0 Å². The Labute approximate surface area is 166 Å². The maximum atomic E-state index is 5.49. The normalized spacial score (nSPS) is 16.9. The van der Waals surface area contributed by atoms with Crippen molar-refractivity contribution in [3.63, 3.8) is 0 Å². The number of aromatic nitrogens is 1. The lowest BCUT2D eigenvalue weighted by atomic mass is 10.2. The summed E-state index contributed by atoms with van der Waals surface area (Å²) in [6.45, 7) is 3.72. The molecule has 0 radical (unpaired) electrons. The number of hydrogen-bond donors (Lipinski definition) is 2. The second kappa shape index (κ2) is 10.5. The highest BCUT2D eigenvalue weighted by Gasteiger charge is 2.23. The van der Waals surface area contributed by atoms with Crippen molar-refractivity contribution >= 4 is 11.6 Å². The van der Waals surface area contributed by atoms with Gasteiger partial charge in [0.15, 0.2) is 5.96 Å². The zero-order chi connectivity index (χ0) is 19.6. The van der Waals surface area contributed by atoms with Crippen LogP contribution in [-0.2, 0) is 11.3 Å². The summed E-state index contributed by atoms with van der Waals surface area (Å²) in [5.41, 5.74) is 2.34. The van der Waals surface area contributed by atoms with Crippen LogP contribution in [0.5, 0.6) is 5.88 Å². The topological polar surface area (TPSA) is 71.0 Å². The minimum Gasteiger partial charge on any atom is -0.475 e. The fourth-order valence-electron chi connectivity index (χ4n) is 3.16. The van der Waals surface area contributed by atoms with Crippen LogP contribution in [0.15, 0.2) is 53.7 Å². The Kier molecular flexibility index (Phi) is 7.49. The fourth-order valence-corrected chi connectivity index (χ4v) is 3.16. The molecule has 0 bridgehead atoms. The van der Waals surface area contributed by atoms with Crippen LogP contribution in [0.25, 0.3) is 0 Å². The third kappa shape index (κ3) is 5.85. The van der Waals surface area contributed by atoms with Gasteiger partial charge in [-0.25, -0.2) is 4.98 Å². The lowest BCUT2D eigenvalue weighted by Crippen LogP contribution is -2.44. The Morgan fingerprint density at radius 1 is 1.21 bits per heavy atom. The van der Waals surface area contributed by atoms with Crippen LogP contribution in [0.3, 0.4) is 0 Å². The van der Waals surface area contributed by atoms with Gasteiger partial charge in [0.05, 0.1) is 6.61 Å². The minimum absolute atomic E-state index is 0.376. The predicted octanol–water partition coefficient (Wildman–Crippen LogP) is 2.05. The van der Waals surface area contributed by atoms with Crippen molar-refractivity contribution in [2.45, 2.75) is 19.0 Å². The molecule has 1 fully saturated rings. The Morgan fingerprint density at radius 2 is 2.07 bits per heavy atom. The van der Waals surface area contributed by atoms with Crippen LogP contribution in [-0.4, -0.2) is 57.4 Å². The van der Waals surface area contributed by atoms with Crippen LogP contribution in [0.4, 0.5) is 5.69 Å². The number of nitrogens with one attached hydrogen (secondary N) is 2. The third-order valence-electron chi connectivity index (χ3n) is 4.67. The number of pyridine rings is 1. The van der Waals surface area contributed by atoms with Gasteiger partial charge in [-0.1, -0.05) is 24.3 Å². The van der Waals surface area contributed by atoms with Crippen LogP contribution >= 0.6 is 0 Å². The minimum atomic E-state index is 0.376. The number of benzene rings is 1. The van der Waals surface area contributed by atoms with Crippen molar-refractivity contribution in [2.24, 2.45) is 4.99 Å². The highest BCUT2D eigenvalue weighted by molar-refractivity contribution is 5.80. The molecule has 2 aromatic rings. The summed E-state index contributed by atoms with van der Waals surface area (Å²) < 4.78 is 10.5. The average Bonchev–Trinajstić information content (AvgIpc) is 3.21. The molecule has 28 heavy (non-hydrogen) atoms.